The highest BCUT2D eigenvalue weighted by Gasteiger charge is 2.42. The Morgan fingerprint density at radius 1 is 1.27 bits per heavy atom. The zero-order valence-electron chi connectivity index (χ0n) is 15.2. The van der Waals surface area contributed by atoms with Crippen LogP contribution in [-0.4, -0.2) is 25.7 Å². The predicted octanol–water partition coefficient (Wildman–Crippen LogP) is 3.00. The molecule has 0 aliphatic carbocycles. The van der Waals surface area contributed by atoms with Gasteiger partial charge < -0.3 is 4.84 Å². The van der Waals surface area contributed by atoms with Gasteiger partial charge in [-0.1, -0.05) is 16.8 Å². The number of rotatable bonds is 3. The second-order valence-electron chi connectivity index (χ2n) is 6.64. The van der Waals surface area contributed by atoms with Gasteiger partial charge >= 0.3 is 11.9 Å². The molecular formula is C17H11Cl2F4N3O4. The van der Waals surface area contributed by atoms with Crippen molar-refractivity contribution >= 4 is 34.2 Å². The maximum atomic E-state index is 14.5. The summed E-state index contributed by atoms with van der Waals surface area (Å²) < 4.78 is 54.0. The molecule has 1 aromatic carbocycles. The number of hydrogen-bond acceptors (Lipinski definition) is 5. The molecule has 2 aromatic rings. The smallest absolute Gasteiger partial charge is 0.379 e. The van der Waals surface area contributed by atoms with Crippen LogP contribution in [0.25, 0.3) is 5.69 Å². The molecule has 0 saturated carbocycles. The highest BCUT2D eigenvalue weighted by molar-refractivity contribution is 6.65. The van der Waals surface area contributed by atoms with Crippen LogP contribution >= 0.6 is 23.2 Å². The quantitative estimate of drug-likeness (QED) is 0.513. The lowest BCUT2D eigenvalue weighted by atomic mass is 9.96. The van der Waals surface area contributed by atoms with Gasteiger partial charge in [0.1, 0.15) is 11.5 Å². The first-order chi connectivity index (χ1) is 13.8. The number of aromatic nitrogens is 2. The van der Waals surface area contributed by atoms with Crippen LogP contribution in [0, 0.1) is 5.82 Å². The van der Waals surface area contributed by atoms with Crippen molar-refractivity contribution in [2.24, 2.45) is 12.2 Å². The molecule has 1 unspecified atom stereocenters. The summed E-state index contributed by atoms with van der Waals surface area (Å²) in [5, 5.41) is 2.65. The molecule has 1 aliphatic rings. The Morgan fingerprint density at radius 3 is 2.43 bits per heavy atom. The van der Waals surface area contributed by atoms with Crippen molar-refractivity contribution in [3.05, 3.63) is 61.1 Å². The van der Waals surface area contributed by atoms with E-state index in [1.807, 2.05) is 0 Å². The van der Waals surface area contributed by atoms with E-state index in [1.54, 1.807) is 0 Å². The number of nitrogens with zero attached hydrogens (tertiary/aromatic N) is 3. The third-order valence-electron chi connectivity index (χ3n) is 4.48. The van der Waals surface area contributed by atoms with Crippen LogP contribution in [0.1, 0.15) is 24.6 Å². The Balaban J connectivity index is 2.20. The van der Waals surface area contributed by atoms with Crippen LogP contribution < -0.4 is 11.2 Å². The third kappa shape index (κ3) is 3.63. The summed E-state index contributed by atoms with van der Waals surface area (Å²) in [7, 11) is 0.794. The zero-order valence-corrected chi connectivity index (χ0v) is 16.7. The zero-order chi connectivity index (χ0) is 22.6. The summed E-state index contributed by atoms with van der Waals surface area (Å²) in [6.07, 6.45) is -5.12. The second kappa shape index (κ2) is 7.24. The molecule has 0 spiro atoms. The van der Waals surface area contributed by atoms with Gasteiger partial charge in [0.15, 0.2) is 0 Å². The molecule has 3 rings (SSSR count). The second-order valence-corrected chi connectivity index (χ2v) is 7.39. The van der Waals surface area contributed by atoms with Crippen molar-refractivity contribution in [1.29, 1.82) is 0 Å². The van der Waals surface area contributed by atoms with E-state index in [9.17, 15) is 31.9 Å². The molecule has 2 heterocycles. The highest BCUT2D eigenvalue weighted by atomic mass is 35.5. The number of hydrogen-bond donors (Lipinski definition) is 0. The Labute approximate surface area is 175 Å². The number of carbonyl (C=O) groups excluding carboxylic acids is 1. The summed E-state index contributed by atoms with van der Waals surface area (Å²) in [6, 6.07) is 1.89. The molecule has 0 amide bonds. The van der Waals surface area contributed by atoms with Gasteiger partial charge in [-0.25, -0.2) is 13.8 Å². The lowest BCUT2D eigenvalue weighted by Gasteiger charge is -2.16. The maximum absolute atomic E-state index is 14.5. The summed E-state index contributed by atoms with van der Waals surface area (Å²) in [4.78, 5) is 41.2. The third-order valence-corrected chi connectivity index (χ3v) is 5.19. The fourth-order valence-corrected chi connectivity index (χ4v) is 3.20. The van der Waals surface area contributed by atoms with Gasteiger partial charge in [0.2, 0.25) is 5.60 Å². The minimum Gasteiger partial charge on any atom is -0.379 e. The molecule has 1 aromatic heterocycles. The Kier molecular flexibility index (Phi) is 5.32. The van der Waals surface area contributed by atoms with E-state index in [4.69, 9.17) is 28.0 Å². The largest absolute Gasteiger partial charge is 0.431 e. The van der Waals surface area contributed by atoms with E-state index in [-0.39, 0.29) is 37.9 Å². The van der Waals surface area contributed by atoms with Crippen LogP contribution in [0.4, 0.5) is 17.6 Å². The van der Waals surface area contributed by atoms with Crippen molar-refractivity contribution in [2.45, 2.75) is 25.1 Å². The van der Waals surface area contributed by atoms with Gasteiger partial charge in [0.05, 0.1) is 16.4 Å². The van der Waals surface area contributed by atoms with Gasteiger partial charge in [-0.15, -0.1) is 0 Å². The molecule has 7 nitrogen and oxygen atoms in total. The molecule has 30 heavy (non-hydrogen) atoms. The van der Waals surface area contributed by atoms with Crippen molar-refractivity contribution in [2.75, 3.05) is 0 Å². The van der Waals surface area contributed by atoms with Gasteiger partial charge in [-0.2, -0.15) is 13.2 Å². The van der Waals surface area contributed by atoms with Crippen LogP contribution in [0.5, 0.6) is 0 Å². The number of benzene rings is 1. The molecule has 0 bridgehead atoms. The molecule has 0 radical (unpaired) electrons. The Hall–Kier alpha value is -2.66. The van der Waals surface area contributed by atoms with E-state index < -0.39 is 45.5 Å². The average molecular weight is 468 g/mol. The van der Waals surface area contributed by atoms with Crippen molar-refractivity contribution in [3.63, 3.8) is 0 Å². The van der Waals surface area contributed by atoms with Gasteiger partial charge in [0, 0.05) is 25.1 Å². The fraction of sp³-hybridized carbons (Fsp3) is 0.294. The standard InChI is InChI=1S/C17H11Cl2F4N3O4/c1-16(14(19)28)6-10(24-30-16)7-3-11(9(20)4-8(7)18)26-13(27)5-12(17(21,22)23)25(2)15(26)29/h3-5H,6H2,1-2H3. The van der Waals surface area contributed by atoms with Gasteiger partial charge in [-0.3, -0.25) is 14.2 Å². The molecule has 1 aliphatic heterocycles. The Morgan fingerprint density at radius 2 is 1.90 bits per heavy atom. The number of carbonyl (C=O) groups is 1. The Bertz CT molecular complexity index is 1220. The SMILES string of the molecule is Cn1c(C(F)(F)F)cc(=O)n(-c2cc(C3=NOC(C)(C(=O)Cl)C3)c(Cl)cc2F)c1=O. The molecule has 13 heteroatoms. The van der Waals surface area contributed by atoms with E-state index in [0.717, 1.165) is 19.2 Å². The molecule has 0 fully saturated rings. The first kappa shape index (κ1) is 22.0. The van der Waals surface area contributed by atoms with Crippen LogP contribution in [0.15, 0.2) is 32.9 Å². The molecule has 1 atom stereocenters. The van der Waals surface area contributed by atoms with Gasteiger partial charge in [-0.05, 0) is 30.7 Å². The lowest BCUT2D eigenvalue weighted by Crippen LogP contribution is -2.41. The normalized spacial score (nSPS) is 18.9. The van der Waals surface area contributed by atoms with Crippen LogP contribution in [-0.2, 0) is 22.9 Å². The van der Waals surface area contributed by atoms with E-state index >= 15 is 0 Å². The summed E-state index contributed by atoms with van der Waals surface area (Å²) in [5.74, 6) is -1.14. The first-order valence-corrected chi connectivity index (χ1v) is 8.87. The van der Waals surface area contributed by atoms with E-state index in [0.29, 0.717) is 0 Å². The van der Waals surface area contributed by atoms with E-state index in [2.05, 4.69) is 5.16 Å². The van der Waals surface area contributed by atoms with Crippen molar-refractivity contribution in [3.8, 4) is 5.69 Å². The van der Waals surface area contributed by atoms with Crippen molar-refractivity contribution < 1.29 is 27.2 Å². The van der Waals surface area contributed by atoms with E-state index in [1.165, 1.54) is 6.92 Å². The number of oxime groups is 1. The highest BCUT2D eigenvalue weighted by Crippen LogP contribution is 2.33. The van der Waals surface area contributed by atoms with Crippen molar-refractivity contribution in [1.82, 2.24) is 9.13 Å². The topological polar surface area (TPSA) is 82.7 Å². The summed E-state index contributed by atoms with van der Waals surface area (Å²) in [6.45, 7) is 1.35. The molecule has 0 saturated heterocycles. The van der Waals surface area contributed by atoms with Crippen LogP contribution in [0.3, 0.4) is 0 Å². The van der Waals surface area contributed by atoms with Crippen LogP contribution in [0.2, 0.25) is 5.02 Å². The molecular weight excluding hydrogens is 457 g/mol. The lowest BCUT2D eigenvalue weighted by molar-refractivity contribution is -0.144. The maximum Gasteiger partial charge on any atom is 0.431 e. The van der Waals surface area contributed by atoms with Gasteiger partial charge in [0.25, 0.3) is 10.8 Å². The average Bonchev–Trinajstić information content (AvgIpc) is 3.02. The first-order valence-electron chi connectivity index (χ1n) is 8.11. The predicted molar refractivity (Wildman–Crippen MR) is 98.8 cm³/mol. The fourth-order valence-electron chi connectivity index (χ4n) is 2.84. The minimum absolute atomic E-state index is 0.00330. The summed E-state index contributed by atoms with van der Waals surface area (Å²) in [5.41, 5.74) is -6.40. The number of alkyl halides is 3. The monoisotopic (exact) mass is 467 g/mol. The molecule has 0 N–H and O–H groups in total. The minimum atomic E-state index is -4.97. The summed E-state index contributed by atoms with van der Waals surface area (Å²) >= 11 is 11.5. The number of halogens is 6. The molecule has 160 valence electrons.